The maximum Gasteiger partial charge on any atom is 0.416 e. The Labute approximate surface area is 199 Å². The van der Waals surface area contributed by atoms with Crippen LogP contribution in [0.3, 0.4) is 0 Å². The minimum absolute atomic E-state index is 0.0371. The first-order valence-electron chi connectivity index (χ1n) is 10.2. The molecule has 0 aliphatic carbocycles. The molecule has 9 heteroatoms. The zero-order chi connectivity index (χ0) is 25.6. The van der Waals surface area contributed by atoms with Crippen molar-refractivity contribution in [1.29, 1.82) is 0 Å². The molecule has 0 aromatic heterocycles. The molecule has 0 unspecified atom stereocenters. The molecule has 0 amide bonds. The van der Waals surface area contributed by atoms with Crippen molar-refractivity contribution < 1.29 is 41.7 Å². The zero-order valence-corrected chi connectivity index (χ0v) is 19.0. The molecule has 3 aromatic rings. The Kier molecular flexibility index (Phi) is 7.80. The molecular formula is C26H21F3O6. The molecule has 0 bridgehead atoms. The van der Waals surface area contributed by atoms with Gasteiger partial charge in [-0.05, 0) is 72.8 Å². The average Bonchev–Trinajstić information content (AvgIpc) is 2.86. The van der Waals surface area contributed by atoms with Crippen molar-refractivity contribution in [2.75, 3.05) is 21.3 Å². The van der Waals surface area contributed by atoms with Gasteiger partial charge in [0.2, 0.25) is 5.75 Å². The normalized spacial score (nSPS) is 11.3. The van der Waals surface area contributed by atoms with Gasteiger partial charge >= 0.3 is 12.1 Å². The van der Waals surface area contributed by atoms with Gasteiger partial charge in [0.05, 0.1) is 32.5 Å². The molecule has 0 N–H and O–H groups in total. The van der Waals surface area contributed by atoms with E-state index in [9.17, 15) is 22.8 Å². The summed E-state index contributed by atoms with van der Waals surface area (Å²) in [7, 11) is 4.45. The predicted molar refractivity (Wildman–Crippen MR) is 122 cm³/mol. The molecule has 0 fully saturated rings. The van der Waals surface area contributed by atoms with Crippen LogP contribution in [0.2, 0.25) is 0 Å². The fourth-order valence-corrected chi connectivity index (χ4v) is 3.17. The predicted octanol–water partition coefficient (Wildman–Crippen LogP) is 5.85. The summed E-state index contributed by atoms with van der Waals surface area (Å²) in [4.78, 5) is 24.8. The number of ether oxygens (including phenoxy) is 4. The Morgan fingerprint density at radius 1 is 0.743 bits per heavy atom. The number of hydrogen-bond donors (Lipinski definition) is 0. The van der Waals surface area contributed by atoms with E-state index in [4.69, 9.17) is 18.9 Å². The van der Waals surface area contributed by atoms with Crippen LogP contribution >= 0.6 is 0 Å². The molecule has 6 nitrogen and oxygen atoms in total. The first-order valence-corrected chi connectivity index (χ1v) is 10.2. The van der Waals surface area contributed by atoms with Crippen LogP contribution < -0.4 is 18.9 Å². The lowest BCUT2D eigenvalue weighted by Gasteiger charge is -2.13. The van der Waals surface area contributed by atoms with Crippen LogP contribution in [0.25, 0.3) is 6.08 Å². The number of ketones is 1. The van der Waals surface area contributed by atoms with Gasteiger partial charge in [0.1, 0.15) is 5.75 Å². The van der Waals surface area contributed by atoms with Crippen LogP contribution in [-0.2, 0) is 6.18 Å². The number of rotatable bonds is 8. The molecule has 0 saturated heterocycles. The van der Waals surface area contributed by atoms with Gasteiger partial charge in [-0.1, -0.05) is 0 Å². The van der Waals surface area contributed by atoms with Crippen LogP contribution in [0, 0.1) is 0 Å². The third kappa shape index (κ3) is 6.00. The fraction of sp³-hybridized carbons (Fsp3) is 0.154. The maximum absolute atomic E-state index is 12.7. The molecule has 0 aliphatic heterocycles. The van der Waals surface area contributed by atoms with Gasteiger partial charge in [0.25, 0.3) is 0 Å². The average molecular weight is 486 g/mol. The Balaban J connectivity index is 1.69. The summed E-state index contributed by atoms with van der Waals surface area (Å²) in [6.45, 7) is 0. The maximum atomic E-state index is 12.7. The third-order valence-corrected chi connectivity index (χ3v) is 4.95. The molecule has 3 rings (SSSR count). The van der Waals surface area contributed by atoms with Crippen molar-refractivity contribution in [2.45, 2.75) is 6.18 Å². The highest BCUT2D eigenvalue weighted by Crippen LogP contribution is 2.40. The summed E-state index contributed by atoms with van der Waals surface area (Å²) in [6, 6.07) is 12.9. The van der Waals surface area contributed by atoms with E-state index in [1.165, 1.54) is 51.7 Å². The van der Waals surface area contributed by atoms with Crippen molar-refractivity contribution in [1.82, 2.24) is 0 Å². The smallest absolute Gasteiger partial charge is 0.416 e. The second-order valence-corrected chi connectivity index (χ2v) is 7.11. The summed E-state index contributed by atoms with van der Waals surface area (Å²) in [5.41, 5.74) is 0.0243. The lowest BCUT2D eigenvalue weighted by atomic mass is 10.1. The molecule has 182 valence electrons. The number of methoxy groups -OCH3 is 3. The summed E-state index contributed by atoms with van der Waals surface area (Å²) in [6.07, 6.45) is -1.57. The van der Waals surface area contributed by atoms with Gasteiger partial charge < -0.3 is 18.9 Å². The Bertz CT molecular complexity index is 1230. The quantitative estimate of drug-likeness (QED) is 0.172. The van der Waals surface area contributed by atoms with Crippen LogP contribution in [-0.4, -0.2) is 33.1 Å². The van der Waals surface area contributed by atoms with Gasteiger partial charge in [-0.25, -0.2) is 4.79 Å². The van der Waals surface area contributed by atoms with Gasteiger partial charge in [-0.3, -0.25) is 4.79 Å². The molecule has 35 heavy (non-hydrogen) atoms. The number of carbonyl (C=O) groups is 2. The van der Waals surface area contributed by atoms with E-state index in [0.717, 1.165) is 24.3 Å². The highest BCUT2D eigenvalue weighted by molar-refractivity contribution is 6.07. The number of alkyl halides is 3. The number of benzene rings is 3. The third-order valence-electron chi connectivity index (χ3n) is 4.95. The van der Waals surface area contributed by atoms with Crippen LogP contribution in [0.1, 0.15) is 31.8 Å². The van der Waals surface area contributed by atoms with E-state index < -0.39 is 17.7 Å². The van der Waals surface area contributed by atoms with Crippen molar-refractivity contribution in [3.05, 3.63) is 89.0 Å². The van der Waals surface area contributed by atoms with E-state index in [1.807, 2.05) is 0 Å². The van der Waals surface area contributed by atoms with Crippen LogP contribution in [0.15, 0.2) is 66.7 Å². The van der Waals surface area contributed by atoms with Crippen molar-refractivity contribution in [3.63, 3.8) is 0 Å². The van der Waals surface area contributed by atoms with Gasteiger partial charge in [-0.15, -0.1) is 0 Å². The topological polar surface area (TPSA) is 71.1 Å². The molecule has 0 saturated carbocycles. The fourth-order valence-electron chi connectivity index (χ4n) is 3.17. The first-order chi connectivity index (χ1) is 16.7. The Hall–Kier alpha value is -4.27. The molecule has 0 radical (unpaired) electrons. The summed E-state index contributed by atoms with van der Waals surface area (Å²) < 4.78 is 59.1. The Morgan fingerprint density at radius 3 is 1.89 bits per heavy atom. The largest absolute Gasteiger partial charge is 0.493 e. The lowest BCUT2D eigenvalue weighted by molar-refractivity contribution is -0.137. The monoisotopic (exact) mass is 486 g/mol. The number of hydrogen-bond acceptors (Lipinski definition) is 6. The molecule has 0 aliphatic rings. The number of esters is 1. The Morgan fingerprint density at radius 2 is 1.34 bits per heavy atom. The van der Waals surface area contributed by atoms with E-state index in [0.29, 0.717) is 28.4 Å². The lowest BCUT2D eigenvalue weighted by Crippen LogP contribution is -2.10. The van der Waals surface area contributed by atoms with E-state index in [1.54, 1.807) is 18.2 Å². The zero-order valence-electron chi connectivity index (χ0n) is 19.0. The standard InChI is InChI=1S/C26H21F3O6/c1-32-22-15-9-17(23(33-2)24(22)34-3)8-14-21(30)16-6-12-20(13-7-16)35-25(31)18-4-10-19(11-5-18)26(27,28)29/h4-15H,1-3H3. The van der Waals surface area contributed by atoms with Crippen molar-refractivity contribution in [2.24, 2.45) is 0 Å². The van der Waals surface area contributed by atoms with Crippen LogP contribution in [0.4, 0.5) is 13.2 Å². The second-order valence-electron chi connectivity index (χ2n) is 7.11. The molecule has 0 spiro atoms. The summed E-state index contributed by atoms with van der Waals surface area (Å²) >= 11 is 0. The second kappa shape index (κ2) is 10.8. The van der Waals surface area contributed by atoms with E-state index in [2.05, 4.69) is 0 Å². The van der Waals surface area contributed by atoms with Crippen LogP contribution in [0.5, 0.6) is 23.0 Å². The number of halogens is 3. The first kappa shape index (κ1) is 25.4. The highest BCUT2D eigenvalue weighted by Gasteiger charge is 2.30. The van der Waals surface area contributed by atoms with Gasteiger partial charge in [0, 0.05) is 11.1 Å². The van der Waals surface area contributed by atoms with Gasteiger partial charge in [-0.2, -0.15) is 13.2 Å². The molecule has 0 atom stereocenters. The summed E-state index contributed by atoms with van der Waals surface area (Å²) in [5.74, 6) is 0.275. The highest BCUT2D eigenvalue weighted by atomic mass is 19.4. The minimum atomic E-state index is -4.50. The molecule has 0 heterocycles. The number of allylic oxidation sites excluding steroid dienone is 1. The minimum Gasteiger partial charge on any atom is -0.493 e. The van der Waals surface area contributed by atoms with Crippen molar-refractivity contribution >= 4 is 17.8 Å². The van der Waals surface area contributed by atoms with E-state index >= 15 is 0 Å². The van der Waals surface area contributed by atoms with E-state index in [-0.39, 0.29) is 17.1 Å². The summed E-state index contributed by atoms with van der Waals surface area (Å²) in [5, 5.41) is 0. The SMILES string of the molecule is COc1ccc(C=CC(=O)c2ccc(OC(=O)c3ccc(C(F)(F)F)cc3)cc2)c(OC)c1OC. The molecular weight excluding hydrogens is 465 g/mol. The molecule has 3 aromatic carbocycles. The number of carbonyl (C=O) groups excluding carboxylic acids is 2. The van der Waals surface area contributed by atoms with Crippen molar-refractivity contribution in [3.8, 4) is 23.0 Å². The van der Waals surface area contributed by atoms with Gasteiger partial charge in [0.15, 0.2) is 17.3 Å².